The minimum Gasteiger partial charge on any atom is -0.384 e. The summed E-state index contributed by atoms with van der Waals surface area (Å²) >= 11 is 6.02. The van der Waals surface area contributed by atoms with Crippen LogP contribution >= 0.6 is 11.6 Å². The first kappa shape index (κ1) is 11.0. The van der Waals surface area contributed by atoms with Gasteiger partial charge in [-0.25, -0.2) is 0 Å². The highest BCUT2D eigenvalue weighted by atomic mass is 35.5. The number of halogens is 1. The fraction of sp³-hybridized carbons (Fsp3) is 0.250. The van der Waals surface area contributed by atoms with Gasteiger partial charge in [0.1, 0.15) is 5.82 Å². The van der Waals surface area contributed by atoms with Crippen molar-refractivity contribution in [3.63, 3.8) is 0 Å². The Kier molecular flexibility index (Phi) is 2.88. The largest absolute Gasteiger partial charge is 0.384 e. The van der Waals surface area contributed by atoms with Gasteiger partial charge in [0.05, 0.1) is 6.20 Å². The first-order chi connectivity index (χ1) is 7.59. The normalized spacial score (nSPS) is 11.0. The summed E-state index contributed by atoms with van der Waals surface area (Å²) < 4.78 is 0. The maximum Gasteiger partial charge on any atom is 0.126 e. The third-order valence-corrected chi connectivity index (χ3v) is 2.83. The van der Waals surface area contributed by atoms with E-state index in [1.54, 1.807) is 6.20 Å². The third kappa shape index (κ3) is 1.91. The fourth-order valence-electron chi connectivity index (χ4n) is 1.78. The monoisotopic (exact) mass is 235 g/mol. The summed E-state index contributed by atoms with van der Waals surface area (Å²) in [6, 6.07) is 5.86. The number of aromatic amines is 1. The lowest BCUT2D eigenvalue weighted by Gasteiger charge is -2.12. The van der Waals surface area contributed by atoms with Crippen molar-refractivity contribution < 1.29 is 0 Å². The van der Waals surface area contributed by atoms with Gasteiger partial charge in [0.25, 0.3) is 0 Å². The predicted molar refractivity (Wildman–Crippen MR) is 67.5 cm³/mol. The molecule has 1 heterocycles. The van der Waals surface area contributed by atoms with Gasteiger partial charge in [-0.2, -0.15) is 5.10 Å². The van der Waals surface area contributed by atoms with Crippen LogP contribution in [0.3, 0.4) is 0 Å². The molecule has 0 spiro atoms. The number of nitrogens with two attached hydrogens (primary N) is 1. The van der Waals surface area contributed by atoms with Gasteiger partial charge in [0, 0.05) is 10.6 Å². The Labute approximate surface area is 99.6 Å². The molecule has 0 saturated heterocycles. The van der Waals surface area contributed by atoms with Crippen LogP contribution in [0, 0.1) is 0 Å². The summed E-state index contributed by atoms with van der Waals surface area (Å²) in [4.78, 5) is 0. The maximum atomic E-state index is 6.02. The minimum atomic E-state index is 0.418. The van der Waals surface area contributed by atoms with E-state index >= 15 is 0 Å². The molecular formula is C12H14ClN3. The number of benzene rings is 1. The second kappa shape index (κ2) is 4.18. The Bertz CT molecular complexity index is 503. The molecule has 84 valence electrons. The van der Waals surface area contributed by atoms with E-state index in [1.165, 1.54) is 5.56 Å². The SMILES string of the molecule is CC(C)c1ccc(Cl)cc1-c1cn[nH]c1N. The lowest BCUT2D eigenvalue weighted by atomic mass is 9.94. The number of nitrogen functional groups attached to an aromatic ring is 1. The average molecular weight is 236 g/mol. The quantitative estimate of drug-likeness (QED) is 0.838. The Morgan fingerprint density at radius 1 is 1.31 bits per heavy atom. The number of aromatic nitrogens is 2. The molecule has 0 bridgehead atoms. The highest BCUT2D eigenvalue weighted by Crippen LogP contribution is 2.33. The van der Waals surface area contributed by atoms with Crippen molar-refractivity contribution in [3.05, 3.63) is 35.0 Å². The van der Waals surface area contributed by atoms with Crippen LogP contribution in [0.25, 0.3) is 11.1 Å². The molecule has 0 amide bonds. The second-order valence-electron chi connectivity index (χ2n) is 4.08. The van der Waals surface area contributed by atoms with Gasteiger partial charge < -0.3 is 5.73 Å². The van der Waals surface area contributed by atoms with Gasteiger partial charge in [-0.05, 0) is 29.2 Å². The van der Waals surface area contributed by atoms with Crippen LogP contribution < -0.4 is 5.73 Å². The first-order valence-corrected chi connectivity index (χ1v) is 5.56. The van der Waals surface area contributed by atoms with Crippen LogP contribution in [0.5, 0.6) is 0 Å². The van der Waals surface area contributed by atoms with Crippen molar-refractivity contribution in [2.45, 2.75) is 19.8 Å². The minimum absolute atomic E-state index is 0.418. The zero-order valence-electron chi connectivity index (χ0n) is 9.29. The third-order valence-electron chi connectivity index (χ3n) is 2.60. The molecule has 3 nitrogen and oxygen atoms in total. The molecule has 4 heteroatoms. The van der Waals surface area contributed by atoms with Crippen molar-refractivity contribution in [2.24, 2.45) is 0 Å². The van der Waals surface area contributed by atoms with Crippen molar-refractivity contribution in [3.8, 4) is 11.1 Å². The molecule has 0 atom stereocenters. The second-order valence-corrected chi connectivity index (χ2v) is 4.52. The molecular weight excluding hydrogens is 222 g/mol. The predicted octanol–water partition coefficient (Wildman–Crippen LogP) is 3.44. The molecule has 0 unspecified atom stereocenters. The van der Waals surface area contributed by atoms with Gasteiger partial charge in [-0.3, -0.25) is 5.10 Å². The zero-order chi connectivity index (χ0) is 11.7. The molecule has 1 aromatic carbocycles. The van der Waals surface area contributed by atoms with Crippen molar-refractivity contribution in [2.75, 3.05) is 5.73 Å². The van der Waals surface area contributed by atoms with E-state index in [2.05, 4.69) is 24.0 Å². The number of anilines is 1. The number of nitrogens with zero attached hydrogens (tertiary/aromatic N) is 1. The Morgan fingerprint density at radius 3 is 2.62 bits per heavy atom. The molecule has 0 fully saturated rings. The maximum absolute atomic E-state index is 6.02. The van der Waals surface area contributed by atoms with Crippen molar-refractivity contribution in [1.82, 2.24) is 10.2 Å². The number of rotatable bonds is 2. The molecule has 3 N–H and O–H groups in total. The molecule has 1 aromatic heterocycles. The number of nitrogens with one attached hydrogen (secondary N) is 1. The summed E-state index contributed by atoms with van der Waals surface area (Å²) in [6.07, 6.45) is 1.73. The van der Waals surface area contributed by atoms with Gasteiger partial charge in [-0.1, -0.05) is 31.5 Å². The molecule has 2 aromatic rings. The summed E-state index contributed by atoms with van der Waals surface area (Å²) in [5.74, 6) is 0.991. The molecule has 0 aliphatic heterocycles. The Morgan fingerprint density at radius 2 is 2.06 bits per heavy atom. The van der Waals surface area contributed by atoms with E-state index in [0.29, 0.717) is 16.8 Å². The molecule has 0 aliphatic rings. The first-order valence-electron chi connectivity index (χ1n) is 5.18. The van der Waals surface area contributed by atoms with Crippen molar-refractivity contribution >= 4 is 17.4 Å². The van der Waals surface area contributed by atoms with E-state index in [0.717, 1.165) is 11.1 Å². The van der Waals surface area contributed by atoms with Crippen molar-refractivity contribution in [1.29, 1.82) is 0 Å². The number of hydrogen-bond acceptors (Lipinski definition) is 2. The number of hydrogen-bond donors (Lipinski definition) is 2. The van der Waals surface area contributed by atoms with Crippen LogP contribution in [0.4, 0.5) is 5.82 Å². The lowest BCUT2D eigenvalue weighted by molar-refractivity contribution is 0.869. The Hall–Kier alpha value is -1.48. The molecule has 0 aliphatic carbocycles. The lowest BCUT2D eigenvalue weighted by Crippen LogP contribution is -1.94. The summed E-state index contributed by atoms with van der Waals surface area (Å²) in [7, 11) is 0. The smallest absolute Gasteiger partial charge is 0.126 e. The summed E-state index contributed by atoms with van der Waals surface area (Å²) in [5.41, 5.74) is 9.01. The highest BCUT2D eigenvalue weighted by Gasteiger charge is 2.12. The van der Waals surface area contributed by atoms with Crippen LogP contribution in [0.1, 0.15) is 25.3 Å². The summed E-state index contributed by atoms with van der Waals surface area (Å²) in [5, 5.41) is 7.38. The van der Waals surface area contributed by atoms with Gasteiger partial charge >= 0.3 is 0 Å². The van der Waals surface area contributed by atoms with Gasteiger partial charge in [-0.15, -0.1) is 0 Å². The van der Waals surface area contributed by atoms with E-state index in [-0.39, 0.29) is 0 Å². The van der Waals surface area contributed by atoms with Gasteiger partial charge in [0.15, 0.2) is 0 Å². The van der Waals surface area contributed by atoms with Crippen LogP contribution in [-0.4, -0.2) is 10.2 Å². The molecule has 16 heavy (non-hydrogen) atoms. The summed E-state index contributed by atoms with van der Waals surface area (Å²) in [6.45, 7) is 4.28. The van der Waals surface area contributed by atoms with E-state index in [4.69, 9.17) is 17.3 Å². The average Bonchev–Trinajstić information content (AvgIpc) is 2.63. The topological polar surface area (TPSA) is 54.7 Å². The molecule has 2 rings (SSSR count). The van der Waals surface area contributed by atoms with Gasteiger partial charge in [0.2, 0.25) is 0 Å². The van der Waals surface area contributed by atoms with Crippen LogP contribution in [-0.2, 0) is 0 Å². The van der Waals surface area contributed by atoms with Crippen LogP contribution in [0.2, 0.25) is 5.02 Å². The molecule has 0 saturated carbocycles. The zero-order valence-corrected chi connectivity index (χ0v) is 10.0. The standard InChI is InChI=1S/C12H14ClN3/c1-7(2)9-4-3-8(13)5-10(9)11-6-15-16-12(11)14/h3-7H,1-2H3,(H3,14,15,16). The Balaban J connectivity index is 2.63. The van der Waals surface area contributed by atoms with E-state index in [1.807, 2.05) is 18.2 Å². The number of H-pyrrole nitrogens is 1. The molecule has 0 radical (unpaired) electrons. The van der Waals surface area contributed by atoms with E-state index < -0.39 is 0 Å². The fourth-order valence-corrected chi connectivity index (χ4v) is 1.95. The van der Waals surface area contributed by atoms with Crippen LogP contribution in [0.15, 0.2) is 24.4 Å². The highest BCUT2D eigenvalue weighted by molar-refractivity contribution is 6.30. The van der Waals surface area contributed by atoms with E-state index in [9.17, 15) is 0 Å².